The van der Waals surface area contributed by atoms with Crippen LogP contribution in [0.25, 0.3) is 0 Å². The molecule has 2 aliphatic rings. The average molecular weight is 319 g/mol. The SMILES string of the molecule is O=C(Nc1ccc(NC(=O)C2CNCCO2)cc1)C1CCCO1. The fourth-order valence-electron chi connectivity index (χ4n) is 2.60. The first-order valence-corrected chi connectivity index (χ1v) is 7.88. The van der Waals surface area contributed by atoms with Crippen molar-refractivity contribution in [2.24, 2.45) is 0 Å². The molecule has 1 aromatic carbocycles. The Kier molecular flexibility index (Phi) is 5.22. The Morgan fingerprint density at radius 2 is 1.57 bits per heavy atom. The molecule has 2 saturated heterocycles. The third-order valence-electron chi connectivity index (χ3n) is 3.86. The first-order valence-electron chi connectivity index (χ1n) is 7.88. The quantitative estimate of drug-likeness (QED) is 0.761. The van der Waals surface area contributed by atoms with Crippen LogP contribution in [-0.2, 0) is 19.1 Å². The van der Waals surface area contributed by atoms with Crippen molar-refractivity contribution < 1.29 is 19.1 Å². The van der Waals surface area contributed by atoms with Crippen molar-refractivity contribution in [3.63, 3.8) is 0 Å². The Labute approximate surface area is 134 Å². The molecule has 2 fully saturated rings. The maximum atomic E-state index is 12.0. The summed E-state index contributed by atoms with van der Waals surface area (Å²) in [7, 11) is 0. The van der Waals surface area contributed by atoms with Crippen LogP contribution in [-0.4, -0.2) is 50.3 Å². The molecule has 7 heteroatoms. The molecular weight excluding hydrogens is 298 g/mol. The van der Waals surface area contributed by atoms with Gasteiger partial charge in [0.25, 0.3) is 11.8 Å². The molecule has 0 aromatic heterocycles. The lowest BCUT2D eigenvalue weighted by atomic mass is 10.2. The number of amides is 2. The van der Waals surface area contributed by atoms with E-state index in [0.29, 0.717) is 31.1 Å². The summed E-state index contributed by atoms with van der Waals surface area (Å²) in [6.45, 7) is 2.46. The van der Waals surface area contributed by atoms with Gasteiger partial charge in [-0.15, -0.1) is 0 Å². The van der Waals surface area contributed by atoms with Crippen LogP contribution < -0.4 is 16.0 Å². The van der Waals surface area contributed by atoms with Gasteiger partial charge in [0.2, 0.25) is 0 Å². The molecule has 0 aliphatic carbocycles. The van der Waals surface area contributed by atoms with E-state index in [-0.39, 0.29) is 17.9 Å². The second-order valence-electron chi connectivity index (χ2n) is 5.62. The number of carbonyl (C=O) groups excluding carboxylic acids is 2. The van der Waals surface area contributed by atoms with Gasteiger partial charge in [0.05, 0.1) is 6.61 Å². The molecule has 0 spiro atoms. The molecular formula is C16H21N3O4. The highest BCUT2D eigenvalue weighted by molar-refractivity contribution is 5.96. The van der Waals surface area contributed by atoms with Crippen LogP contribution in [0.15, 0.2) is 24.3 Å². The van der Waals surface area contributed by atoms with Crippen LogP contribution >= 0.6 is 0 Å². The van der Waals surface area contributed by atoms with Gasteiger partial charge in [-0.1, -0.05) is 0 Å². The van der Waals surface area contributed by atoms with E-state index in [1.54, 1.807) is 24.3 Å². The van der Waals surface area contributed by atoms with E-state index in [0.717, 1.165) is 19.4 Å². The van der Waals surface area contributed by atoms with Crippen LogP contribution in [0, 0.1) is 0 Å². The third-order valence-corrected chi connectivity index (χ3v) is 3.86. The van der Waals surface area contributed by atoms with Crippen LogP contribution in [0.4, 0.5) is 11.4 Å². The molecule has 2 amide bonds. The molecule has 2 aliphatic heterocycles. The molecule has 7 nitrogen and oxygen atoms in total. The average Bonchev–Trinajstić information content (AvgIpc) is 3.12. The second kappa shape index (κ2) is 7.54. The van der Waals surface area contributed by atoms with Crippen molar-refractivity contribution in [3.8, 4) is 0 Å². The molecule has 0 bridgehead atoms. The van der Waals surface area contributed by atoms with E-state index >= 15 is 0 Å². The number of hydrogen-bond donors (Lipinski definition) is 3. The summed E-state index contributed by atoms with van der Waals surface area (Å²) in [4.78, 5) is 24.0. The van der Waals surface area contributed by atoms with Gasteiger partial charge in [0.15, 0.2) is 0 Å². The topological polar surface area (TPSA) is 88.7 Å². The molecule has 2 unspecified atom stereocenters. The highest BCUT2D eigenvalue weighted by Gasteiger charge is 2.24. The summed E-state index contributed by atoms with van der Waals surface area (Å²) < 4.78 is 10.7. The van der Waals surface area contributed by atoms with E-state index in [1.807, 2.05) is 0 Å². The van der Waals surface area contributed by atoms with E-state index in [1.165, 1.54) is 0 Å². The molecule has 2 atom stereocenters. The van der Waals surface area contributed by atoms with Gasteiger partial charge in [-0.25, -0.2) is 0 Å². The van der Waals surface area contributed by atoms with E-state index in [4.69, 9.17) is 9.47 Å². The minimum atomic E-state index is -0.470. The lowest BCUT2D eigenvalue weighted by Gasteiger charge is -2.22. The van der Waals surface area contributed by atoms with Crippen molar-refractivity contribution in [2.45, 2.75) is 25.0 Å². The first kappa shape index (κ1) is 15.9. The predicted molar refractivity (Wildman–Crippen MR) is 85.3 cm³/mol. The molecule has 23 heavy (non-hydrogen) atoms. The Morgan fingerprint density at radius 1 is 0.957 bits per heavy atom. The summed E-state index contributed by atoms with van der Waals surface area (Å²) in [5.41, 5.74) is 1.35. The first-order chi connectivity index (χ1) is 11.2. The molecule has 3 N–H and O–H groups in total. The largest absolute Gasteiger partial charge is 0.368 e. The van der Waals surface area contributed by atoms with Crippen molar-refractivity contribution >= 4 is 23.2 Å². The van der Waals surface area contributed by atoms with Gasteiger partial charge in [0.1, 0.15) is 12.2 Å². The summed E-state index contributed by atoms with van der Waals surface area (Å²) in [5.74, 6) is -0.297. The minimum absolute atomic E-state index is 0.124. The van der Waals surface area contributed by atoms with Gasteiger partial charge >= 0.3 is 0 Å². The number of benzene rings is 1. The highest BCUT2D eigenvalue weighted by atomic mass is 16.5. The Bertz CT molecular complexity index is 549. The summed E-state index contributed by atoms with van der Waals surface area (Å²) in [6.07, 6.45) is 0.851. The highest BCUT2D eigenvalue weighted by Crippen LogP contribution is 2.17. The van der Waals surface area contributed by atoms with Crippen molar-refractivity contribution in [3.05, 3.63) is 24.3 Å². The zero-order valence-electron chi connectivity index (χ0n) is 12.8. The van der Waals surface area contributed by atoms with Gasteiger partial charge in [-0.2, -0.15) is 0 Å². The smallest absolute Gasteiger partial charge is 0.254 e. The van der Waals surface area contributed by atoms with Crippen LogP contribution in [0.2, 0.25) is 0 Å². The van der Waals surface area contributed by atoms with E-state index in [2.05, 4.69) is 16.0 Å². The molecule has 0 saturated carbocycles. The van der Waals surface area contributed by atoms with Gasteiger partial charge in [0, 0.05) is 31.1 Å². The Morgan fingerprint density at radius 3 is 2.09 bits per heavy atom. The van der Waals surface area contributed by atoms with E-state index in [9.17, 15) is 9.59 Å². The minimum Gasteiger partial charge on any atom is -0.368 e. The Balaban J connectivity index is 1.52. The predicted octanol–water partition coefficient (Wildman–Crippen LogP) is 0.731. The maximum Gasteiger partial charge on any atom is 0.254 e. The Hall–Kier alpha value is -1.96. The molecule has 124 valence electrons. The fourth-order valence-corrected chi connectivity index (χ4v) is 2.60. The summed E-state index contributed by atoms with van der Waals surface area (Å²) >= 11 is 0. The maximum absolute atomic E-state index is 12.0. The van der Waals surface area contributed by atoms with Crippen LogP contribution in [0.1, 0.15) is 12.8 Å². The second-order valence-corrected chi connectivity index (χ2v) is 5.62. The number of ether oxygens (including phenoxy) is 2. The van der Waals surface area contributed by atoms with E-state index < -0.39 is 6.10 Å². The lowest BCUT2D eigenvalue weighted by molar-refractivity contribution is -0.128. The monoisotopic (exact) mass is 319 g/mol. The molecule has 0 radical (unpaired) electrons. The number of rotatable bonds is 4. The standard InChI is InChI=1S/C16H21N3O4/c20-15(13-2-1-8-22-13)18-11-3-5-12(6-4-11)19-16(21)14-10-17-7-9-23-14/h3-6,13-14,17H,1-2,7-10H2,(H,18,20)(H,19,21). The normalized spacial score (nSPS) is 24.2. The van der Waals surface area contributed by atoms with Crippen molar-refractivity contribution in [1.82, 2.24) is 5.32 Å². The molecule has 2 heterocycles. The van der Waals surface area contributed by atoms with Crippen molar-refractivity contribution in [2.75, 3.05) is 36.9 Å². The van der Waals surface area contributed by atoms with Crippen LogP contribution in [0.5, 0.6) is 0 Å². The number of morpholine rings is 1. The zero-order valence-corrected chi connectivity index (χ0v) is 12.8. The molecule has 3 rings (SSSR count). The van der Waals surface area contributed by atoms with Crippen molar-refractivity contribution in [1.29, 1.82) is 0 Å². The summed E-state index contributed by atoms with van der Waals surface area (Å²) in [6, 6.07) is 7.00. The number of nitrogens with one attached hydrogen (secondary N) is 3. The summed E-state index contributed by atoms with van der Waals surface area (Å²) in [5, 5.41) is 8.74. The molecule has 1 aromatic rings. The number of anilines is 2. The lowest BCUT2D eigenvalue weighted by Crippen LogP contribution is -2.45. The van der Waals surface area contributed by atoms with Crippen LogP contribution in [0.3, 0.4) is 0 Å². The van der Waals surface area contributed by atoms with Gasteiger partial charge in [-0.05, 0) is 37.1 Å². The zero-order chi connectivity index (χ0) is 16.1. The number of carbonyl (C=O) groups is 2. The fraction of sp³-hybridized carbons (Fsp3) is 0.500. The number of hydrogen-bond acceptors (Lipinski definition) is 5. The van der Waals surface area contributed by atoms with Gasteiger partial charge in [-0.3, -0.25) is 9.59 Å². The van der Waals surface area contributed by atoms with Gasteiger partial charge < -0.3 is 25.4 Å². The third kappa shape index (κ3) is 4.28.